The van der Waals surface area contributed by atoms with Gasteiger partial charge in [-0.1, -0.05) is 0 Å². The maximum absolute atomic E-state index is 12.5. The average molecular weight is 296 g/mol. The summed E-state index contributed by atoms with van der Waals surface area (Å²) in [6.45, 7) is 4.29. The number of fused-ring (bicyclic) bond motifs is 1. The van der Waals surface area contributed by atoms with E-state index < -0.39 is 10.0 Å². The molecule has 0 bridgehead atoms. The van der Waals surface area contributed by atoms with E-state index in [1.54, 1.807) is 13.1 Å². The van der Waals surface area contributed by atoms with E-state index in [0.29, 0.717) is 12.4 Å². The highest BCUT2D eigenvalue weighted by Crippen LogP contribution is 2.34. The van der Waals surface area contributed by atoms with Crippen molar-refractivity contribution in [1.29, 1.82) is 0 Å². The average Bonchev–Trinajstić information content (AvgIpc) is 2.95. The van der Waals surface area contributed by atoms with Gasteiger partial charge in [0.25, 0.3) is 0 Å². The van der Waals surface area contributed by atoms with Crippen LogP contribution in [0.3, 0.4) is 0 Å². The predicted octanol–water partition coefficient (Wildman–Crippen LogP) is 1.69. The summed E-state index contributed by atoms with van der Waals surface area (Å²) in [4.78, 5) is 2.54. The van der Waals surface area contributed by atoms with E-state index in [-0.39, 0.29) is 10.9 Å². The number of ether oxygens (including phenoxy) is 1. The summed E-state index contributed by atoms with van der Waals surface area (Å²) in [5.41, 5.74) is 1.05. The molecule has 0 aliphatic carbocycles. The zero-order valence-corrected chi connectivity index (χ0v) is 12.7. The second kappa shape index (κ2) is 4.93. The molecule has 3 rings (SSSR count). The minimum absolute atomic E-state index is 0.164. The van der Waals surface area contributed by atoms with Crippen molar-refractivity contribution < 1.29 is 13.2 Å². The Kier molecular flexibility index (Phi) is 3.38. The van der Waals surface area contributed by atoms with E-state index in [0.717, 1.165) is 18.8 Å². The highest BCUT2D eigenvalue weighted by atomic mass is 32.2. The molecule has 5 nitrogen and oxygen atoms in total. The van der Waals surface area contributed by atoms with Crippen molar-refractivity contribution in [2.24, 2.45) is 0 Å². The summed E-state index contributed by atoms with van der Waals surface area (Å²) in [5, 5.41) is 0. The molecule has 0 aromatic heterocycles. The monoisotopic (exact) mass is 296 g/mol. The maximum atomic E-state index is 12.5. The van der Waals surface area contributed by atoms with Crippen LogP contribution in [0.1, 0.15) is 19.8 Å². The molecule has 0 N–H and O–H groups in total. The Balaban J connectivity index is 2.04. The second-order valence-electron chi connectivity index (χ2n) is 5.51. The highest BCUT2D eigenvalue weighted by Gasteiger charge is 2.32. The van der Waals surface area contributed by atoms with Crippen molar-refractivity contribution in [3.63, 3.8) is 0 Å². The van der Waals surface area contributed by atoms with Gasteiger partial charge in [-0.3, -0.25) is 0 Å². The lowest BCUT2D eigenvalue weighted by molar-refractivity contribution is 0.241. The molecule has 20 heavy (non-hydrogen) atoms. The van der Waals surface area contributed by atoms with Crippen LogP contribution in [-0.2, 0) is 10.0 Å². The van der Waals surface area contributed by atoms with Crippen molar-refractivity contribution in [3.8, 4) is 5.75 Å². The van der Waals surface area contributed by atoms with E-state index in [4.69, 9.17) is 4.74 Å². The number of rotatable bonds is 1. The Bertz CT molecular complexity index is 609. The molecule has 0 saturated carbocycles. The van der Waals surface area contributed by atoms with E-state index in [9.17, 15) is 8.42 Å². The van der Waals surface area contributed by atoms with Crippen molar-refractivity contribution >= 4 is 15.7 Å². The van der Waals surface area contributed by atoms with Gasteiger partial charge in [-0.2, -0.15) is 4.31 Å². The molecule has 0 spiro atoms. The topological polar surface area (TPSA) is 49.9 Å². The first-order valence-electron chi connectivity index (χ1n) is 7.00. The summed E-state index contributed by atoms with van der Waals surface area (Å²) >= 11 is 0. The molecule has 0 unspecified atom stereocenters. The number of anilines is 1. The molecule has 1 fully saturated rings. The highest BCUT2D eigenvalue weighted by molar-refractivity contribution is 7.89. The quantitative estimate of drug-likeness (QED) is 0.791. The molecule has 1 saturated heterocycles. The van der Waals surface area contributed by atoms with E-state index in [1.807, 2.05) is 19.1 Å². The fourth-order valence-electron chi connectivity index (χ4n) is 2.70. The Labute approximate surface area is 120 Å². The molecule has 6 heteroatoms. The Morgan fingerprint density at radius 2 is 1.95 bits per heavy atom. The molecule has 0 amide bonds. The van der Waals surface area contributed by atoms with Gasteiger partial charge in [-0.25, -0.2) is 8.42 Å². The Morgan fingerprint density at radius 3 is 2.65 bits per heavy atom. The summed E-state index contributed by atoms with van der Waals surface area (Å²) < 4.78 is 32.1. The zero-order chi connectivity index (χ0) is 14.3. The first-order chi connectivity index (χ1) is 9.50. The van der Waals surface area contributed by atoms with Gasteiger partial charge in [0, 0.05) is 31.9 Å². The fourth-order valence-corrected chi connectivity index (χ4v) is 4.16. The smallest absolute Gasteiger partial charge is 0.246 e. The summed E-state index contributed by atoms with van der Waals surface area (Å²) in [6, 6.07) is 5.26. The number of sulfonamides is 1. The van der Waals surface area contributed by atoms with E-state index in [1.165, 1.54) is 17.1 Å². The number of benzene rings is 1. The largest absolute Gasteiger partial charge is 0.490 e. The molecule has 1 aromatic carbocycles. The lowest BCUT2D eigenvalue weighted by Crippen LogP contribution is -2.36. The van der Waals surface area contributed by atoms with Gasteiger partial charge in [0.2, 0.25) is 10.0 Å². The lowest BCUT2D eigenvalue weighted by Gasteiger charge is -2.20. The molecule has 1 aromatic rings. The normalized spacial score (nSPS) is 25.9. The van der Waals surface area contributed by atoms with Crippen LogP contribution < -0.4 is 9.64 Å². The summed E-state index contributed by atoms with van der Waals surface area (Å²) in [6.07, 6.45) is 2.38. The number of hydrogen-bond donors (Lipinski definition) is 0. The molecule has 2 heterocycles. The van der Waals surface area contributed by atoms with Gasteiger partial charge in [0.05, 0.1) is 6.04 Å². The summed E-state index contributed by atoms with van der Waals surface area (Å²) in [5.74, 6) is 0.477. The SMILES string of the molecule is C[C@@H]1COc2cc(N3CCCC3)ccc2S(=O)(=O)N1C. The van der Waals surface area contributed by atoms with Crippen LogP contribution in [0.2, 0.25) is 0 Å². The van der Waals surface area contributed by atoms with Gasteiger partial charge in [0.1, 0.15) is 17.3 Å². The minimum atomic E-state index is -3.46. The van der Waals surface area contributed by atoms with Gasteiger partial charge < -0.3 is 9.64 Å². The molecule has 1 atom stereocenters. The van der Waals surface area contributed by atoms with Crippen LogP contribution in [-0.4, -0.2) is 45.5 Å². The molecule has 0 radical (unpaired) electrons. The summed E-state index contributed by atoms with van der Waals surface area (Å²) in [7, 11) is -1.85. The van der Waals surface area contributed by atoms with Crippen LogP contribution >= 0.6 is 0 Å². The Morgan fingerprint density at radius 1 is 1.25 bits per heavy atom. The first-order valence-corrected chi connectivity index (χ1v) is 8.44. The van der Waals surface area contributed by atoms with E-state index in [2.05, 4.69) is 4.90 Å². The van der Waals surface area contributed by atoms with Crippen LogP contribution in [0.15, 0.2) is 23.1 Å². The molecular weight excluding hydrogens is 276 g/mol. The van der Waals surface area contributed by atoms with Gasteiger partial charge in [-0.15, -0.1) is 0 Å². The number of hydrogen-bond acceptors (Lipinski definition) is 4. The molecule has 2 aliphatic rings. The third kappa shape index (κ3) is 2.16. The van der Waals surface area contributed by atoms with Crippen molar-refractivity contribution in [3.05, 3.63) is 18.2 Å². The third-order valence-corrected chi connectivity index (χ3v) is 6.17. The maximum Gasteiger partial charge on any atom is 0.246 e. The van der Waals surface area contributed by atoms with Gasteiger partial charge in [-0.05, 0) is 31.9 Å². The van der Waals surface area contributed by atoms with Gasteiger partial charge in [0.15, 0.2) is 0 Å². The van der Waals surface area contributed by atoms with Crippen LogP contribution in [0.5, 0.6) is 5.75 Å². The molecular formula is C14H20N2O3S. The standard InChI is InChI=1S/C14H20N2O3S/c1-11-10-19-13-9-12(16-7-3-4-8-16)5-6-14(13)20(17,18)15(11)2/h5-6,9,11H,3-4,7-8,10H2,1-2H3/t11-/m1/s1. The fraction of sp³-hybridized carbons (Fsp3) is 0.571. The van der Waals surface area contributed by atoms with Crippen molar-refractivity contribution in [1.82, 2.24) is 4.31 Å². The number of nitrogens with zero attached hydrogens (tertiary/aromatic N) is 2. The second-order valence-corrected chi connectivity index (χ2v) is 7.47. The zero-order valence-electron chi connectivity index (χ0n) is 11.9. The third-order valence-electron chi connectivity index (χ3n) is 4.16. The lowest BCUT2D eigenvalue weighted by atomic mass is 10.2. The molecule has 2 aliphatic heterocycles. The van der Waals surface area contributed by atoms with Crippen LogP contribution in [0.4, 0.5) is 5.69 Å². The van der Waals surface area contributed by atoms with Crippen molar-refractivity contribution in [2.75, 3.05) is 31.6 Å². The predicted molar refractivity (Wildman–Crippen MR) is 77.8 cm³/mol. The van der Waals surface area contributed by atoms with Gasteiger partial charge >= 0.3 is 0 Å². The first kappa shape index (κ1) is 13.7. The number of likely N-dealkylation sites (N-methyl/N-ethyl adjacent to an activating group) is 1. The van der Waals surface area contributed by atoms with Crippen molar-refractivity contribution in [2.45, 2.75) is 30.7 Å². The molecule has 110 valence electrons. The van der Waals surface area contributed by atoms with Crippen LogP contribution in [0.25, 0.3) is 0 Å². The van der Waals surface area contributed by atoms with E-state index >= 15 is 0 Å². The Hall–Kier alpha value is -1.27. The van der Waals surface area contributed by atoms with Crippen LogP contribution in [0, 0.1) is 0 Å². The minimum Gasteiger partial charge on any atom is -0.490 e.